The van der Waals surface area contributed by atoms with Gasteiger partial charge in [-0.3, -0.25) is 9.59 Å². The van der Waals surface area contributed by atoms with Crippen LogP contribution in [-0.4, -0.2) is 52.7 Å². The molecule has 4 rings (SSSR count). The highest BCUT2D eigenvalue weighted by molar-refractivity contribution is 6.32. The third-order valence-electron chi connectivity index (χ3n) is 7.07. The van der Waals surface area contributed by atoms with Crippen molar-refractivity contribution in [3.05, 3.63) is 52.7 Å². The van der Waals surface area contributed by atoms with Gasteiger partial charge in [-0.25, -0.2) is 13.8 Å². The summed E-state index contributed by atoms with van der Waals surface area (Å²) in [5.41, 5.74) is -1.40. The molecule has 0 aliphatic carbocycles. The standard InChI is InChI=1S/C26H28ClF5N4O3/c1-13(26(30,31)32)34-23(37)14-4-7-22(33-12-14)36-16-5-6-17(36)9-15(8-16)35-24(38)25(2,3)39-21-11-20(29)19(28)10-18(21)27/h4,7,10-13,15-17H,5-6,8-9H2,1-3H3,(H,34,37)(H,35,38)/t13-,15-,16+,17-/m0/s1. The molecule has 2 aliphatic heterocycles. The van der Waals surface area contributed by atoms with Crippen LogP contribution in [0.2, 0.25) is 5.02 Å². The average molecular weight is 575 g/mol. The molecule has 2 saturated heterocycles. The minimum Gasteiger partial charge on any atom is -0.476 e. The van der Waals surface area contributed by atoms with E-state index >= 15 is 0 Å². The van der Waals surface area contributed by atoms with Crippen molar-refractivity contribution >= 4 is 29.2 Å². The first-order chi connectivity index (χ1) is 18.2. The molecule has 4 atom stereocenters. The topological polar surface area (TPSA) is 83.6 Å². The van der Waals surface area contributed by atoms with Crippen LogP contribution in [0.5, 0.6) is 5.75 Å². The zero-order valence-corrected chi connectivity index (χ0v) is 22.2. The number of aromatic nitrogens is 1. The number of nitrogens with zero attached hydrogens (tertiary/aromatic N) is 2. The molecule has 0 unspecified atom stereocenters. The maximum absolute atomic E-state index is 13.6. The second-order valence-corrected chi connectivity index (χ2v) is 10.8. The van der Waals surface area contributed by atoms with Crippen molar-refractivity contribution in [3.63, 3.8) is 0 Å². The minimum absolute atomic E-state index is 0.0210. The van der Waals surface area contributed by atoms with E-state index in [2.05, 4.69) is 15.2 Å². The Balaban J connectivity index is 1.37. The third kappa shape index (κ3) is 6.37. The average Bonchev–Trinajstić information content (AvgIpc) is 3.11. The van der Waals surface area contributed by atoms with E-state index in [1.54, 1.807) is 6.07 Å². The number of fused-ring (bicyclic) bond motifs is 2. The van der Waals surface area contributed by atoms with Crippen LogP contribution in [0.25, 0.3) is 0 Å². The number of hydrogen-bond donors (Lipinski definition) is 2. The maximum atomic E-state index is 13.6. The molecular weight excluding hydrogens is 547 g/mol. The Bertz CT molecular complexity index is 1230. The molecule has 2 aromatic rings. The van der Waals surface area contributed by atoms with E-state index < -0.39 is 41.3 Å². The highest BCUT2D eigenvalue weighted by Gasteiger charge is 2.43. The van der Waals surface area contributed by atoms with Gasteiger partial charge in [-0.1, -0.05) is 11.6 Å². The summed E-state index contributed by atoms with van der Waals surface area (Å²) >= 11 is 5.95. The van der Waals surface area contributed by atoms with Crippen molar-refractivity contribution in [1.82, 2.24) is 15.6 Å². The zero-order valence-electron chi connectivity index (χ0n) is 21.4. The normalized spacial score (nSPS) is 21.9. The second kappa shape index (κ2) is 10.8. The number of rotatable bonds is 7. The lowest BCUT2D eigenvalue weighted by Crippen LogP contribution is -2.55. The summed E-state index contributed by atoms with van der Waals surface area (Å²) in [5, 5.41) is 4.74. The lowest BCUT2D eigenvalue weighted by atomic mass is 9.96. The van der Waals surface area contributed by atoms with Gasteiger partial charge in [-0.2, -0.15) is 13.2 Å². The molecule has 1 aromatic carbocycles. The summed E-state index contributed by atoms with van der Waals surface area (Å²) in [6.07, 6.45) is -0.364. The van der Waals surface area contributed by atoms with Gasteiger partial charge in [0, 0.05) is 30.4 Å². The van der Waals surface area contributed by atoms with Crippen molar-refractivity contribution in [2.24, 2.45) is 0 Å². The van der Waals surface area contributed by atoms with Gasteiger partial charge in [0.15, 0.2) is 17.2 Å². The number of piperidine rings is 1. The number of hydrogen-bond acceptors (Lipinski definition) is 5. The van der Waals surface area contributed by atoms with E-state index in [-0.39, 0.29) is 34.5 Å². The van der Waals surface area contributed by atoms with E-state index in [1.165, 1.54) is 26.1 Å². The van der Waals surface area contributed by atoms with Gasteiger partial charge in [0.2, 0.25) is 0 Å². The fourth-order valence-corrected chi connectivity index (χ4v) is 5.16. The Morgan fingerprint density at radius 2 is 1.72 bits per heavy atom. The number of nitrogens with one attached hydrogen (secondary N) is 2. The Kier molecular flexibility index (Phi) is 7.98. The Morgan fingerprint density at radius 3 is 2.28 bits per heavy atom. The summed E-state index contributed by atoms with van der Waals surface area (Å²) in [4.78, 5) is 31.7. The van der Waals surface area contributed by atoms with Crippen molar-refractivity contribution in [1.29, 1.82) is 0 Å². The molecule has 39 heavy (non-hydrogen) atoms. The van der Waals surface area contributed by atoms with E-state index in [0.717, 1.165) is 31.9 Å². The number of halogens is 6. The van der Waals surface area contributed by atoms with Crippen molar-refractivity contribution in [2.45, 2.75) is 82.4 Å². The van der Waals surface area contributed by atoms with E-state index in [0.29, 0.717) is 18.7 Å². The number of anilines is 1. The molecule has 3 heterocycles. The first-order valence-corrected chi connectivity index (χ1v) is 12.8. The predicted molar refractivity (Wildman–Crippen MR) is 134 cm³/mol. The second-order valence-electron chi connectivity index (χ2n) is 10.4. The van der Waals surface area contributed by atoms with Gasteiger partial charge >= 0.3 is 6.18 Å². The van der Waals surface area contributed by atoms with Crippen LogP contribution in [0.4, 0.5) is 27.8 Å². The van der Waals surface area contributed by atoms with Crippen LogP contribution in [0.15, 0.2) is 30.5 Å². The molecule has 0 radical (unpaired) electrons. The molecule has 212 valence electrons. The Morgan fingerprint density at radius 1 is 1.10 bits per heavy atom. The number of carbonyl (C=O) groups excluding carboxylic acids is 2. The number of pyridine rings is 1. The predicted octanol–water partition coefficient (Wildman–Crippen LogP) is 5.17. The largest absolute Gasteiger partial charge is 0.476 e. The highest BCUT2D eigenvalue weighted by Crippen LogP contribution is 2.39. The van der Waals surface area contributed by atoms with Crippen LogP contribution in [0.3, 0.4) is 0 Å². The lowest BCUT2D eigenvalue weighted by molar-refractivity contribution is -0.149. The van der Waals surface area contributed by atoms with Crippen molar-refractivity contribution in [3.8, 4) is 5.75 Å². The van der Waals surface area contributed by atoms with Crippen LogP contribution >= 0.6 is 11.6 Å². The third-order valence-corrected chi connectivity index (χ3v) is 7.36. The van der Waals surface area contributed by atoms with Crippen LogP contribution < -0.4 is 20.3 Å². The molecule has 2 amide bonds. The summed E-state index contributed by atoms with van der Waals surface area (Å²) in [7, 11) is 0. The van der Waals surface area contributed by atoms with Crippen LogP contribution in [0.1, 0.15) is 56.8 Å². The van der Waals surface area contributed by atoms with Crippen molar-refractivity contribution in [2.75, 3.05) is 4.90 Å². The van der Waals surface area contributed by atoms with Crippen molar-refractivity contribution < 1.29 is 36.3 Å². The van der Waals surface area contributed by atoms with Crippen LogP contribution in [0, 0.1) is 11.6 Å². The molecule has 0 spiro atoms. The Hall–Kier alpha value is -3.15. The van der Waals surface area contributed by atoms with Gasteiger partial charge in [0.1, 0.15) is 17.6 Å². The maximum Gasteiger partial charge on any atom is 0.408 e. The zero-order chi connectivity index (χ0) is 28.7. The molecule has 7 nitrogen and oxygen atoms in total. The molecule has 2 aliphatic rings. The quantitative estimate of drug-likeness (QED) is 0.352. The molecule has 1 aromatic heterocycles. The monoisotopic (exact) mass is 574 g/mol. The Labute approximate surface area is 227 Å². The molecule has 0 saturated carbocycles. The first-order valence-electron chi connectivity index (χ1n) is 12.4. The van der Waals surface area contributed by atoms with Gasteiger partial charge < -0.3 is 20.3 Å². The number of benzene rings is 1. The van der Waals surface area contributed by atoms with Crippen LogP contribution in [-0.2, 0) is 4.79 Å². The number of carbonyl (C=O) groups is 2. The summed E-state index contributed by atoms with van der Waals surface area (Å²) in [6.45, 7) is 3.87. The lowest BCUT2D eigenvalue weighted by Gasteiger charge is -2.40. The van der Waals surface area contributed by atoms with E-state index in [1.807, 2.05) is 5.32 Å². The molecule has 2 bridgehead atoms. The molecular formula is C26H28ClF5N4O3. The fraction of sp³-hybridized carbons (Fsp3) is 0.500. The molecule has 13 heteroatoms. The van der Waals surface area contributed by atoms with Gasteiger partial charge in [-0.15, -0.1) is 0 Å². The molecule has 2 N–H and O–H groups in total. The molecule has 2 fully saturated rings. The summed E-state index contributed by atoms with van der Waals surface area (Å²) < 4.78 is 70.9. The highest BCUT2D eigenvalue weighted by atomic mass is 35.5. The number of alkyl halides is 3. The van der Waals surface area contributed by atoms with E-state index in [4.69, 9.17) is 16.3 Å². The minimum atomic E-state index is -4.55. The van der Waals surface area contributed by atoms with Gasteiger partial charge in [0.25, 0.3) is 11.8 Å². The van der Waals surface area contributed by atoms with E-state index in [9.17, 15) is 31.5 Å². The first kappa shape index (κ1) is 28.8. The van der Waals surface area contributed by atoms with Gasteiger partial charge in [-0.05, 0) is 64.7 Å². The summed E-state index contributed by atoms with van der Waals surface area (Å²) in [5.74, 6) is -3.13. The SMILES string of the molecule is C[C@H](NC(=O)c1ccc(N2[C@@H]3CC[C@H]2C[C@@H](NC(=O)C(C)(C)Oc2cc(F)c(F)cc2Cl)C3)nc1)C(F)(F)F. The fourth-order valence-electron chi connectivity index (χ4n) is 4.97. The summed E-state index contributed by atoms with van der Waals surface area (Å²) in [6, 6.07) is 2.57. The number of ether oxygens (including phenoxy) is 1. The smallest absolute Gasteiger partial charge is 0.408 e. The number of amides is 2. The van der Waals surface area contributed by atoms with Gasteiger partial charge in [0.05, 0.1) is 10.6 Å².